The van der Waals surface area contributed by atoms with E-state index in [-0.39, 0.29) is 24.0 Å². The van der Waals surface area contributed by atoms with Gasteiger partial charge in [-0.25, -0.2) is 13.6 Å². The molecule has 0 aliphatic carbocycles. The van der Waals surface area contributed by atoms with Gasteiger partial charge in [0.2, 0.25) is 15.9 Å². The minimum absolute atomic E-state index is 0.104. The van der Waals surface area contributed by atoms with Crippen molar-refractivity contribution in [3.63, 3.8) is 0 Å². The van der Waals surface area contributed by atoms with Gasteiger partial charge in [0.05, 0.1) is 17.1 Å². The summed E-state index contributed by atoms with van der Waals surface area (Å²) >= 11 is 0. The Morgan fingerprint density at radius 2 is 1.60 bits per heavy atom. The molecule has 130 valence electrons. The zero-order chi connectivity index (χ0) is 17.9. The first-order valence-electron chi connectivity index (χ1n) is 7.78. The Kier molecular flexibility index (Phi) is 4.91. The van der Waals surface area contributed by atoms with E-state index in [1.54, 1.807) is 29.2 Å². The van der Waals surface area contributed by atoms with E-state index in [0.29, 0.717) is 17.9 Å². The average Bonchev–Trinajstić information content (AvgIpc) is 2.93. The Morgan fingerprint density at radius 3 is 2.20 bits per heavy atom. The van der Waals surface area contributed by atoms with Crippen LogP contribution in [0.25, 0.3) is 0 Å². The number of benzene rings is 2. The number of hydrogen-bond donors (Lipinski definition) is 1. The van der Waals surface area contributed by atoms with Crippen LogP contribution in [0.1, 0.15) is 6.42 Å². The van der Waals surface area contributed by atoms with Crippen LogP contribution in [-0.4, -0.2) is 26.6 Å². The van der Waals surface area contributed by atoms with Crippen molar-refractivity contribution in [2.75, 3.05) is 17.2 Å². The molecule has 0 radical (unpaired) electrons. The molecule has 1 amide bonds. The van der Waals surface area contributed by atoms with Crippen LogP contribution in [0.3, 0.4) is 0 Å². The molecule has 1 unspecified atom stereocenters. The van der Waals surface area contributed by atoms with Gasteiger partial charge in [-0.1, -0.05) is 18.2 Å². The van der Waals surface area contributed by atoms with Crippen LogP contribution < -0.4 is 10.0 Å². The lowest BCUT2D eigenvalue weighted by atomic mass is 10.1. The maximum Gasteiger partial charge on any atom is 0.227 e. The number of primary sulfonamides is 1. The smallest absolute Gasteiger partial charge is 0.227 e. The summed E-state index contributed by atoms with van der Waals surface area (Å²) in [4.78, 5) is 13.7. The molecule has 1 heterocycles. The highest BCUT2D eigenvalue weighted by Crippen LogP contribution is 2.28. The number of hydrogen-bond acceptors (Lipinski definition) is 5. The lowest BCUT2D eigenvalue weighted by Gasteiger charge is -2.16. The number of sulfonamides is 1. The highest BCUT2D eigenvalue weighted by atomic mass is 32.2. The molecule has 7 nitrogen and oxygen atoms in total. The van der Waals surface area contributed by atoms with E-state index in [1.165, 1.54) is 0 Å². The second-order valence-electron chi connectivity index (χ2n) is 5.96. The first-order chi connectivity index (χ1) is 11.9. The van der Waals surface area contributed by atoms with Crippen LogP contribution >= 0.6 is 0 Å². The third-order valence-corrected chi connectivity index (χ3v) is 4.81. The van der Waals surface area contributed by atoms with E-state index >= 15 is 0 Å². The normalized spacial score (nSPS) is 18.2. The summed E-state index contributed by atoms with van der Waals surface area (Å²) in [5.74, 6) is -0.564. The van der Waals surface area contributed by atoms with Gasteiger partial charge >= 0.3 is 0 Å². The number of carbonyl (C=O) groups is 1. The summed E-state index contributed by atoms with van der Waals surface area (Å²) < 4.78 is 22.4. The van der Waals surface area contributed by atoms with Gasteiger partial charge in [-0.3, -0.25) is 4.79 Å². The molecular weight excluding hydrogens is 340 g/mol. The number of azo groups is 1. The van der Waals surface area contributed by atoms with Crippen LogP contribution in [-0.2, 0) is 14.8 Å². The highest BCUT2D eigenvalue weighted by Gasteiger charge is 2.32. The summed E-state index contributed by atoms with van der Waals surface area (Å²) in [5.41, 5.74) is 2.13. The summed E-state index contributed by atoms with van der Waals surface area (Å²) in [6.45, 7) is 0.347. The van der Waals surface area contributed by atoms with E-state index in [4.69, 9.17) is 5.14 Å². The largest absolute Gasteiger partial charge is 0.312 e. The Hall–Kier alpha value is -2.58. The Morgan fingerprint density at radius 1 is 1.00 bits per heavy atom. The molecule has 0 spiro atoms. The fourth-order valence-electron chi connectivity index (χ4n) is 2.78. The summed E-state index contributed by atoms with van der Waals surface area (Å²) in [6.07, 6.45) is 0.186. The molecule has 0 bridgehead atoms. The minimum Gasteiger partial charge on any atom is -0.312 e. The van der Waals surface area contributed by atoms with Gasteiger partial charge in [0.25, 0.3) is 0 Å². The monoisotopic (exact) mass is 358 g/mol. The molecule has 1 aliphatic rings. The van der Waals surface area contributed by atoms with Gasteiger partial charge in [0, 0.05) is 24.6 Å². The Balaban J connectivity index is 1.68. The number of carbonyl (C=O) groups excluding carboxylic acids is 1. The molecule has 25 heavy (non-hydrogen) atoms. The Labute approximate surface area is 146 Å². The number of amides is 1. The predicted molar refractivity (Wildman–Crippen MR) is 95.5 cm³/mol. The van der Waals surface area contributed by atoms with Gasteiger partial charge in [0.15, 0.2) is 0 Å². The van der Waals surface area contributed by atoms with Crippen molar-refractivity contribution in [3.05, 3.63) is 54.6 Å². The second-order valence-corrected chi connectivity index (χ2v) is 7.62. The lowest BCUT2D eigenvalue weighted by Crippen LogP contribution is -2.27. The minimum atomic E-state index is -3.58. The topological polar surface area (TPSA) is 105 Å². The number of nitrogens with zero attached hydrogens (tertiary/aromatic N) is 3. The third kappa shape index (κ3) is 4.71. The standard InChI is InChI=1S/C17H18N4O3S/c18-25(23,24)12-13-10-17(22)21(11-13)16-8-6-15(7-9-16)20-19-14-4-2-1-3-5-14/h1-9,13H,10-12H2,(H2,18,23,24). The van der Waals surface area contributed by atoms with E-state index < -0.39 is 10.0 Å². The van der Waals surface area contributed by atoms with E-state index in [2.05, 4.69) is 10.2 Å². The lowest BCUT2D eigenvalue weighted by molar-refractivity contribution is -0.117. The maximum absolute atomic E-state index is 12.1. The summed E-state index contributed by atoms with van der Waals surface area (Å²) in [6, 6.07) is 16.5. The molecule has 8 heteroatoms. The van der Waals surface area contributed by atoms with Crippen molar-refractivity contribution in [1.29, 1.82) is 0 Å². The molecule has 0 aromatic heterocycles. The first kappa shape index (κ1) is 17.2. The van der Waals surface area contributed by atoms with Crippen molar-refractivity contribution >= 4 is 33.0 Å². The summed E-state index contributed by atoms with van der Waals surface area (Å²) in [5, 5.41) is 13.4. The molecule has 2 N–H and O–H groups in total. The number of nitrogens with two attached hydrogens (primary N) is 1. The third-order valence-electron chi connectivity index (χ3n) is 3.87. The highest BCUT2D eigenvalue weighted by molar-refractivity contribution is 7.89. The Bertz CT molecular complexity index is 880. The van der Waals surface area contributed by atoms with Crippen molar-refractivity contribution in [2.45, 2.75) is 6.42 Å². The van der Waals surface area contributed by atoms with Gasteiger partial charge in [-0.15, -0.1) is 0 Å². The van der Waals surface area contributed by atoms with Crippen molar-refractivity contribution in [2.24, 2.45) is 21.3 Å². The zero-order valence-corrected chi connectivity index (χ0v) is 14.3. The summed E-state index contributed by atoms with van der Waals surface area (Å²) in [7, 11) is -3.58. The SMILES string of the molecule is NS(=O)(=O)CC1CC(=O)N(c2ccc(N=Nc3ccccc3)cc2)C1. The van der Waals surface area contributed by atoms with Crippen LogP contribution in [0.2, 0.25) is 0 Å². The second kappa shape index (κ2) is 7.12. The first-order valence-corrected chi connectivity index (χ1v) is 9.50. The van der Waals surface area contributed by atoms with Crippen LogP contribution in [0, 0.1) is 5.92 Å². The van der Waals surface area contributed by atoms with Gasteiger partial charge in [-0.05, 0) is 36.4 Å². The average molecular weight is 358 g/mol. The molecule has 1 aliphatic heterocycles. The van der Waals surface area contributed by atoms with Crippen LogP contribution in [0.5, 0.6) is 0 Å². The molecule has 2 aromatic carbocycles. The molecule has 1 atom stereocenters. The van der Waals surface area contributed by atoms with Crippen LogP contribution in [0.15, 0.2) is 64.8 Å². The predicted octanol–water partition coefficient (Wildman–Crippen LogP) is 2.74. The van der Waals surface area contributed by atoms with Gasteiger partial charge in [-0.2, -0.15) is 10.2 Å². The fourth-order valence-corrected chi connectivity index (χ4v) is 3.66. The molecule has 2 aromatic rings. The molecule has 0 saturated carbocycles. The molecule has 3 rings (SSSR count). The van der Waals surface area contributed by atoms with E-state index in [0.717, 1.165) is 5.69 Å². The van der Waals surface area contributed by atoms with Crippen molar-refractivity contribution in [3.8, 4) is 0 Å². The zero-order valence-electron chi connectivity index (χ0n) is 13.4. The molecule has 1 fully saturated rings. The fraction of sp³-hybridized carbons (Fsp3) is 0.235. The molecule has 1 saturated heterocycles. The molecular formula is C17H18N4O3S. The van der Waals surface area contributed by atoms with Crippen molar-refractivity contribution < 1.29 is 13.2 Å². The maximum atomic E-state index is 12.1. The van der Waals surface area contributed by atoms with E-state index in [1.807, 2.05) is 30.3 Å². The van der Waals surface area contributed by atoms with Gasteiger partial charge in [0.1, 0.15) is 0 Å². The van der Waals surface area contributed by atoms with Crippen molar-refractivity contribution in [1.82, 2.24) is 0 Å². The van der Waals surface area contributed by atoms with E-state index in [9.17, 15) is 13.2 Å². The van der Waals surface area contributed by atoms with Gasteiger partial charge < -0.3 is 4.90 Å². The quantitative estimate of drug-likeness (QED) is 0.831. The number of anilines is 1. The number of rotatable bonds is 5. The van der Waals surface area contributed by atoms with Crippen LogP contribution in [0.4, 0.5) is 17.1 Å².